The Morgan fingerprint density at radius 3 is 2.48 bits per heavy atom. The van der Waals surface area contributed by atoms with Crippen molar-refractivity contribution in [3.8, 4) is 0 Å². The van der Waals surface area contributed by atoms with Gasteiger partial charge in [0.15, 0.2) is 0 Å². The summed E-state index contributed by atoms with van der Waals surface area (Å²) < 4.78 is 5.27. The molecule has 0 aliphatic carbocycles. The number of nitrogens with zero attached hydrogens (tertiary/aromatic N) is 3. The SMILES string of the molecule is Cc1nnc(N2C(=O)c3ccc(C(=O)OCc4ccc(Cl)c(Cl)c4)cc3C2=O)s1. The van der Waals surface area contributed by atoms with Crippen LogP contribution in [-0.4, -0.2) is 28.0 Å². The molecule has 29 heavy (non-hydrogen) atoms. The minimum atomic E-state index is -0.635. The van der Waals surface area contributed by atoms with Crippen LogP contribution in [0, 0.1) is 6.92 Å². The minimum Gasteiger partial charge on any atom is -0.457 e. The average Bonchev–Trinajstić information content (AvgIpc) is 3.23. The Hall–Kier alpha value is -2.81. The Morgan fingerprint density at radius 1 is 1.03 bits per heavy atom. The number of imide groups is 1. The lowest BCUT2D eigenvalue weighted by atomic mass is 10.1. The van der Waals surface area contributed by atoms with Crippen molar-refractivity contribution in [2.45, 2.75) is 13.5 Å². The van der Waals surface area contributed by atoms with Crippen molar-refractivity contribution in [2.24, 2.45) is 0 Å². The third-order valence-corrected chi connectivity index (χ3v) is 5.75. The molecule has 0 atom stereocenters. The molecule has 2 aromatic carbocycles. The predicted octanol–water partition coefficient (Wildman–Crippen LogP) is 4.31. The number of benzene rings is 2. The molecule has 1 aliphatic heterocycles. The number of rotatable bonds is 4. The zero-order valence-corrected chi connectivity index (χ0v) is 17.1. The quantitative estimate of drug-likeness (QED) is 0.437. The number of hydrogen-bond donors (Lipinski definition) is 0. The second-order valence-corrected chi connectivity index (χ2v) is 8.11. The highest BCUT2D eigenvalue weighted by atomic mass is 35.5. The number of aryl methyl sites for hydroxylation is 1. The lowest BCUT2D eigenvalue weighted by molar-refractivity contribution is 0.0472. The zero-order chi connectivity index (χ0) is 20.7. The molecule has 4 rings (SSSR count). The number of carbonyl (C=O) groups is 3. The standard InChI is InChI=1S/C19H11Cl2N3O4S/c1-9-22-23-19(29-9)24-16(25)12-4-3-11(7-13(12)17(24)26)18(27)28-8-10-2-5-14(20)15(21)6-10/h2-7H,8H2,1H3. The number of ether oxygens (including phenoxy) is 1. The first kappa shape index (κ1) is 19.5. The topological polar surface area (TPSA) is 89.5 Å². The number of anilines is 1. The van der Waals surface area contributed by atoms with E-state index >= 15 is 0 Å². The summed E-state index contributed by atoms with van der Waals surface area (Å²) in [6.07, 6.45) is 0. The lowest BCUT2D eigenvalue weighted by Crippen LogP contribution is -2.29. The predicted molar refractivity (Wildman–Crippen MR) is 108 cm³/mol. The second kappa shape index (κ2) is 7.55. The molecule has 0 N–H and O–H groups in total. The molecule has 146 valence electrons. The number of amides is 2. The molecule has 0 spiro atoms. The van der Waals surface area contributed by atoms with E-state index in [1.807, 2.05) is 0 Å². The molecular weight excluding hydrogens is 437 g/mol. The first-order valence-electron chi connectivity index (χ1n) is 8.29. The molecule has 0 saturated carbocycles. The largest absolute Gasteiger partial charge is 0.457 e. The van der Waals surface area contributed by atoms with Crippen LogP contribution in [0.15, 0.2) is 36.4 Å². The van der Waals surface area contributed by atoms with E-state index in [-0.39, 0.29) is 28.4 Å². The molecule has 0 saturated heterocycles. The van der Waals surface area contributed by atoms with Gasteiger partial charge < -0.3 is 4.74 Å². The van der Waals surface area contributed by atoms with Crippen LogP contribution in [0.4, 0.5) is 5.13 Å². The van der Waals surface area contributed by atoms with Gasteiger partial charge in [-0.05, 0) is 42.8 Å². The summed E-state index contributed by atoms with van der Waals surface area (Å²) in [7, 11) is 0. The first-order valence-corrected chi connectivity index (χ1v) is 9.86. The van der Waals surface area contributed by atoms with E-state index in [1.165, 1.54) is 18.2 Å². The van der Waals surface area contributed by atoms with Crippen LogP contribution in [0.5, 0.6) is 0 Å². The molecule has 0 fully saturated rings. The van der Waals surface area contributed by atoms with E-state index < -0.39 is 17.8 Å². The van der Waals surface area contributed by atoms with Crippen LogP contribution >= 0.6 is 34.5 Å². The van der Waals surface area contributed by atoms with Gasteiger partial charge in [-0.3, -0.25) is 9.59 Å². The van der Waals surface area contributed by atoms with Gasteiger partial charge in [0.25, 0.3) is 11.8 Å². The Balaban J connectivity index is 1.54. The van der Waals surface area contributed by atoms with Crippen molar-refractivity contribution in [3.63, 3.8) is 0 Å². The maximum absolute atomic E-state index is 12.7. The van der Waals surface area contributed by atoms with Crippen LogP contribution in [0.25, 0.3) is 0 Å². The third kappa shape index (κ3) is 3.62. The van der Waals surface area contributed by atoms with Crippen molar-refractivity contribution >= 4 is 57.5 Å². The van der Waals surface area contributed by atoms with Gasteiger partial charge >= 0.3 is 5.97 Å². The van der Waals surface area contributed by atoms with Crippen molar-refractivity contribution < 1.29 is 19.1 Å². The number of halogens is 2. The van der Waals surface area contributed by atoms with Crippen LogP contribution in [-0.2, 0) is 11.3 Å². The number of carbonyl (C=O) groups excluding carboxylic acids is 3. The number of aromatic nitrogens is 2. The Kier molecular flexibility index (Phi) is 5.08. The van der Waals surface area contributed by atoms with E-state index in [9.17, 15) is 14.4 Å². The molecule has 1 aromatic heterocycles. The lowest BCUT2D eigenvalue weighted by Gasteiger charge is -2.07. The van der Waals surface area contributed by atoms with Gasteiger partial charge in [0, 0.05) is 0 Å². The van der Waals surface area contributed by atoms with Crippen LogP contribution < -0.4 is 4.90 Å². The summed E-state index contributed by atoms with van der Waals surface area (Å²) in [5.41, 5.74) is 1.13. The van der Waals surface area contributed by atoms with Gasteiger partial charge in [0.05, 0.1) is 26.7 Å². The highest BCUT2D eigenvalue weighted by Crippen LogP contribution is 2.31. The van der Waals surface area contributed by atoms with E-state index in [0.29, 0.717) is 20.6 Å². The summed E-state index contributed by atoms with van der Waals surface area (Å²) >= 11 is 12.9. The van der Waals surface area contributed by atoms with E-state index in [4.69, 9.17) is 27.9 Å². The van der Waals surface area contributed by atoms with Gasteiger partial charge in [-0.1, -0.05) is 40.6 Å². The molecule has 0 radical (unpaired) electrons. The fraction of sp³-hybridized carbons (Fsp3) is 0.105. The van der Waals surface area contributed by atoms with Crippen LogP contribution in [0.3, 0.4) is 0 Å². The maximum atomic E-state index is 12.7. The highest BCUT2D eigenvalue weighted by molar-refractivity contribution is 7.15. The second-order valence-electron chi connectivity index (χ2n) is 6.13. The summed E-state index contributed by atoms with van der Waals surface area (Å²) in [5.74, 6) is -1.69. The fourth-order valence-electron chi connectivity index (χ4n) is 2.78. The fourth-order valence-corrected chi connectivity index (χ4v) is 3.78. The first-order chi connectivity index (χ1) is 13.8. The number of esters is 1. The summed E-state index contributed by atoms with van der Waals surface area (Å²) in [5, 5.41) is 9.27. The number of fused-ring (bicyclic) bond motifs is 1. The molecule has 3 aromatic rings. The maximum Gasteiger partial charge on any atom is 0.338 e. The van der Waals surface area contributed by atoms with E-state index in [0.717, 1.165) is 16.2 Å². The van der Waals surface area contributed by atoms with Gasteiger partial charge in [-0.2, -0.15) is 0 Å². The van der Waals surface area contributed by atoms with E-state index in [1.54, 1.807) is 25.1 Å². The van der Waals surface area contributed by atoms with Gasteiger partial charge in [-0.25, -0.2) is 9.69 Å². The molecule has 0 unspecified atom stereocenters. The highest BCUT2D eigenvalue weighted by Gasteiger charge is 2.39. The number of hydrogen-bond acceptors (Lipinski definition) is 7. The molecule has 10 heteroatoms. The molecule has 1 aliphatic rings. The van der Waals surface area contributed by atoms with Gasteiger partial charge in [0.1, 0.15) is 11.6 Å². The molecule has 2 amide bonds. The summed E-state index contributed by atoms with van der Waals surface area (Å²) in [4.78, 5) is 38.6. The molecule has 0 bridgehead atoms. The molecule has 2 heterocycles. The Morgan fingerprint density at radius 2 is 1.79 bits per heavy atom. The average molecular weight is 448 g/mol. The normalized spacial score (nSPS) is 13.0. The van der Waals surface area contributed by atoms with Gasteiger partial charge in [-0.15, -0.1) is 10.2 Å². The Bertz CT molecular complexity index is 1180. The van der Waals surface area contributed by atoms with Crippen LogP contribution in [0.1, 0.15) is 41.6 Å². The smallest absolute Gasteiger partial charge is 0.338 e. The third-order valence-electron chi connectivity index (χ3n) is 4.18. The van der Waals surface area contributed by atoms with Crippen LogP contribution in [0.2, 0.25) is 10.0 Å². The van der Waals surface area contributed by atoms with Crippen molar-refractivity contribution in [2.75, 3.05) is 4.90 Å². The van der Waals surface area contributed by atoms with Crippen molar-refractivity contribution in [1.82, 2.24) is 10.2 Å². The van der Waals surface area contributed by atoms with Gasteiger partial charge in [0.2, 0.25) is 5.13 Å². The molecular formula is C19H11Cl2N3O4S. The van der Waals surface area contributed by atoms with Crippen molar-refractivity contribution in [3.05, 3.63) is 73.7 Å². The van der Waals surface area contributed by atoms with Crippen molar-refractivity contribution in [1.29, 1.82) is 0 Å². The summed E-state index contributed by atoms with van der Waals surface area (Å²) in [6, 6.07) is 9.12. The van der Waals surface area contributed by atoms with E-state index in [2.05, 4.69) is 10.2 Å². The zero-order valence-electron chi connectivity index (χ0n) is 14.8. The Labute approximate surface area is 178 Å². The summed E-state index contributed by atoms with van der Waals surface area (Å²) in [6.45, 7) is 1.71. The monoisotopic (exact) mass is 447 g/mol. The minimum absolute atomic E-state index is 0.0180. The molecule has 7 nitrogen and oxygen atoms in total.